The highest BCUT2D eigenvalue weighted by Gasteiger charge is 2.06. The highest BCUT2D eigenvalue weighted by Crippen LogP contribution is 2.09. The first kappa shape index (κ1) is 14.2. The van der Waals surface area contributed by atoms with Crippen LogP contribution in [0.25, 0.3) is 5.95 Å². The number of aromatic nitrogens is 5. The van der Waals surface area contributed by atoms with Gasteiger partial charge < -0.3 is 10.6 Å². The molecule has 2 aromatic rings. The van der Waals surface area contributed by atoms with Gasteiger partial charge in [0.05, 0.1) is 0 Å². The highest BCUT2D eigenvalue weighted by molar-refractivity contribution is 5.37. The number of imidazole rings is 1. The van der Waals surface area contributed by atoms with Gasteiger partial charge in [0, 0.05) is 26.0 Å². The van der Waals surface area contributed by atoms with E-state index in [0.717, 1.165) is 13.0 Å². The second-order valence-electron chi connectivity index (χ2n) is 4.97. The molecule has 2 N–H and O–H groups in total. The summed E-state index contributed by atoms with van der Waals surface area (Å²) in [5, 5.41) is 6.18. The molecule has 0 unspecified atom stereocenters. The average Bonchev–Trinajstić information content (AvgIpc) is 2.97. The number of rotatable bonds is 7. The van der Waals surface area contributed by atoms with Crippen molar-refractivity contribution in [2.24, 2.45) is 5.92 Å². The fourth-order valence-corrected chi connectivity index (χ4v) is 1.76. The molecule has 0 amide bonds. The van der Waals surface area contributed by atoms with E-state index in [0.29, 0.717) is 23.8 Å². The number of anilines is 2. The third-order valence-electron chi connectivity index (χ3n) is 2.82. The van der Waals surface area contributed by atoms with Gasteiger partial charge in [-0.2, -0.15) is 15.0 Å². The normalized spacial score (nSPS) is 10.8. The summed E-state index contributed by atoms with van der Waals surface area (Å²) in [6.45, 7) is 5.30. The number of hydrogen-bond donors (Lipinski definition) is 2. The van der Waals surface area contributed by atoms with Crippen LogP contribution in [0.15, 0.2) is 18.7 Å². The predicted octanol–water partition coefficient (Wildman–Crippen LogP) is 1.95. The first-order chi connectivity index (χ1) is 9.69. The summed E-state index contributed by atoms with van der Waals surface area (Å²) in [5.74, 6) is 2.38. The smallest absolute Gasteiger partial charge is 0.241 e. The van der Waals surface area contributed by atoms with Gasteiger partial charge >= 0.3 is 0 Å². The van der Waals surface area contributed by atoms with Gasteiger partial charge in [0.1, 0.15) is 6.33 Å². The van der Waals surface area contributed by atoms with Crippen molar-refractivity contribution in [2.45, 2.75) is 26.7 Å². The SMILES string of the molecule is CNc1nc(NCCCC(C)C)nc(-n2ccnc2)n1. The van der Waals surface area contributed by atoms with Crippen LogP contribution in [-0.2, 0) is 0 Å². The van der Waals surface area contributed by atoms with Crippen molar-refractivity contribution in [3.8, 4) is 5.95 Å². The second kappa shape index (κ2) is 6.83. The summed E-state index contributed by atoms with van der Waals surface area (Å²) in [7, 11) is 1.79. The van der Waals surface area contributed by atoms with Crippen LogP contribution in [0.1, 0.15) is 26.7 Å². The summed E-state index contributed by atoms with van der Waals surface area (Å²) in [6, 6.07) is 0. The lowest BCUT2D eigenvalue weighted by Gasteiger charge is -2.09. The first-order valence-corrected chi connectivity index (χ1v) is 6.85. The Labute approximate surface area is 118 Å². The third-order valence-corrected chi connectivity index (χ3v) is 2.82. The lowest BCUT2D eigenvalue weighted by Crippen LogP contribution is -2.11. The molecule has 7 nitrogen and oxygen atoms in total. The van der Waals surface area contributed by atoms with E-state index in [4.69, 9.17) is 0 Å². The zero-order valence-corrected chi connectivity index (χ0v) is 12.2. The van der Waals surface area contributed by atoms with Crippen molar-refractivity contribution in [2.75, 3.05) is 24.2 Å². The van der Waals surface area contributed by atoms with E-state index in [9.17, 15) is 0 Å². The lowest BCUT2D eigenvalue weighted by molar-refractivity contribution is 0.566. The molecule has 108 valence electrons. The standard InChI is InChI=1S/C13H21N7/c1-10(2)5-4-6-16-12-17-11(14-3)18-13(19-12)20-8-7-15-9-20/h7-10H,4-6H2,1-3H3,(H2,14,16,17,18,19). The molecule has 0 atom stereocenters. The lowest BCUT2D eigenvalue weighted by atomic mass is 10.1. The molecule has 0 fully saturated rings. The van der Waals surface area contributed by atoms with Gasteiger partial charge in [-0.15, -0.1) is 0 Å². The Hall–Kier alpha value is -2.18. The molecule has 0 saturated heterocycles. The van der Waals surface area contributed by atoms with Gasteiger partial charge in [-0.05, 0) is 18.8 Å². The van der Waals surface area contributed by atoms with Crippen molar-refractivity contribution >= 4 is 11.9 Å². The van der Waals surface area contributed by atoms with Gasteiger partial charge in [0.2, 0.25) is 17.8 Å². The minimum Gasteiger partial charge on any atom is -0.357 e. The maximum absolute atomic E-state index is 4.39. The van der Waals surface area contributed by atoms with Crippen LogP contribution in [0, 0.1) is 5.92 Å². The van der Waals surface area contributed by atoms with Crippen LogP contribution in [0.4, 0.5) is 11.9 Å². The summed E-state index contributed by atoms with van der Waals surface area (Å²) in [5.41, 5.74) is 0. The molecule has 0 saturated carbocycles. The summed E-state index contributed by atoms with van der Waals surface area (Å²) in [4.78, 5) is 17.0. The van der Waals surface area contributed by atoms with Crippen LogP contribution in [0.2, 0.25) is 0 Å². The Morgan fingerprint density at radius 2 is 2.00 bits per heavy atom. The topological polar surface area (TPSA) is 80.5 Å². The molecule has 7 heteroatoms. The Morgan fingerprint density at radius 1 is 1.20 bits per heavy atom. The molecule has 0 aliphatic heterocycles. The van der Waals surface area contributed by atoms with Gasteiger partial charge in [-0.1, -0.05) is 13.8 Å². The van der Waals surface area contributed by atoms with Gasteiger partial charge in [-0.3, -0.25) is 4.57 Å². The number of nitrogens with one attached hydrogen (secondary N) is 2. The van der Waals surface area contributed by atoms with Crippen molar-refractivity contribution in [3.05, 3.63) is 18.7 Å². The van der Waals surface area contributed by atoms with E-state index in [1.165, 1.54) is 6.42 Å². The fraction of sp³-hybridized carbons (Fsp3) is 0.538. The minimum absolute atomic E-state index is 0.537. The van der Waals surface area contributed by atoms with Crippen LogP contribution < -0.4 is 10.6 Å². The monoisotopic (exact) mass is 275 g/mol. The van der Waals surface area contributed by atoms with Gasteiger partial charge in [-0.25, -0.2) is 4.98 Å². The molecular formula is C13H21N7. The first-order valence-electron chi connectivity index (χ1n) is 6.85. The van der Waals surface area contributed by atoms with Crippen LogP contribution in [0.3, 0.4) is 0 Å². The van der Waals surface area contributed by atoms with Crippen molar-refractivity contribution in [1.29, 1.82) is 0 Å². The van der Waals surface area contributed by atoms with E-state index in [1.807, 2.05) is 0 Å². The average molecular weight is 275 g/mol. The Morgan fingerprint density at radius 3 is 2.65 bits per heavy atom. The van der Waals surface area contributed by atoms with Gasteiger partial charge in [0.25, 0.3) is 0 Å². The van der Waals surface area contributed by atoms with Crippen LogP contribution >= 0.6 is 0 Å². The second-order valence-corrected chi connectivity index (χ2v) is 4.97. The summed E-state index contributed by atoms with van der Waals surface area (Å²) < 4.78 is 1.75. The molecule has 0 aliphatic carbocycles. The van der Waals surface area contributed by atoms with Crippen molar-refractivity contribution in [3.63, 3.8) is 0 Å². The largest absolute Gasteiger partial charge is 0.357 e. The summed E-state index contributed by atoms with van der Waals surface area (Å²) >= 11 is 0. The Kier molecular flexibility index (Phi) is 4.86. The zero-order chi connectivity index (χ0) is 14.4. The van der Waals surface area contributed by atoms with Gasteiger partial charge in [0.15, 0.2) is 0 Å². The molecule has 0 aliphatic rings. The molecule has 0 radical (unpaired) electrons. The minimum atomic E-state index is 0.537. The van der Waals surface area contributed by atoms with Crippen molar-refractivity contribution < 1.29 is 0 Å². The number of hydrogen-bond acceptors (Lipinski definition) is 6. The Balaban J connectivity index is 2.06. The molecule has 2 aromatic heterocycles. The van der Waals surface area contributed by atoms with Crippen LogP contribution in [0.5, 0.6) is 0 Å². The van der Waals surface area contributed by atoms with Crippen molar-refractivity contribution in [1.82, 2.24) is 24.5 Å². The quantitative estimate of drug-likeness (QED) is 0.752. The predicted molar refractivity (Wildman–Crippen MR) is 79.1 cm³/mol. The third kappa shape index (κ3) is 3.91. The Bertz CT molecular complexity index is 522. The molecular weight excluding hydrogens is 254 g/mol. The zero-order valence-electron chi connectivity index (χ0n) is 12.2. The van der Waals surface area contributed by atoms with E-state index in [1.54, 1.807) is 30.3 Å². The molecule has 0 spiro atoms. The molecule has 2 heterocycles. The van der Waals surface area contributed by atoms with E-state index < -0.39 is 0 Å². The molecule has 0 aromatic carbocycles. The molecule has 20 heavy (non-hydrogen) atoms. The highest BCUT2D eigenvalue weighted by atomic mass is 15.3. The maximum Gasteiger partial charge on any atom is 0.241 e. The van der Waals surface area contributed by atoms with E-state index in [-0.39, 0.29) is 0 Å². The summed E-state index contributed by atoms with van der Waals surface area (Å²) in [6.07, 6.45) is 7.44. The fourth-order valence-electron chi connectivity index (χ4n) is 1.76. The molecule has 0 bridgehead atoms. The van der Waals surface area contributed by atoms with E-state index in [2.05, 4.69) is 44.4 Å². The number of nitrogens with zero attached hydrogens (tertiary/aromatic N) is 5. The van der Waals surface area contributed by atoms with E-state index >= 15 is 0 Å². The maximum atomic E-state index is 4.39. The van der Waals surface area contributed by atoms with Crippen LogP contribution in [-0.4, -0.2) is 38.1 Å². The molecule has 2 rings (SSSR count).